The van der Waals surface area contributed by atoms with Crippen molar-refractivity contribution in [2.45, 2.75) is 19.4 Å². The van der Waals surface area contributed by atoms with E-state index in [4.69, 9.17) is 9.47 Å². The van der Waals surface area contributed by atoms with Crippen LogP contribution in [0, 0.1) is 0 Å². The third kappa shape index (κ3) is 3.02. The molecule has 3 heteroatoms. The molecule has 1 aromatic rings. The lowest BCUT2D eigenvalue weighted by Crippen LogP contribution is -2.24. The van der Waals surface area contributed by atoms with E-state index in [9.17, 15) is 0 Å². The van der Waals surface area contributed by atoms with Crippen LogP contribution in [-0.2, 0) is 0 Å². The van der Waals surface area contributed by atoms with Gasteiger partial charge in [-0.05, 0) is 44.2 Å². The number of hydrogen-bond acceptors (Lipinski definition) is 2. The summed E-state index contributed by atoms with van der Waals surface area (Å²) in [6, 6.07) is 5.76. The summed E-state index contributed by atoms with van der Waals surface area (Å²) in [7, 11) is 0. The Balaban J connectivity index is 0.00000162. The molecular weight excluding hydrogens is 228 g/mol. The van der Waals surface area contributed by atoms with E-state index in [0.29, 0.717) is 5.76 Å². The molecular formula is C15H18O3. The van der Waals surface area contributed by atoms with E-state index >= 15 is 0 Å². The Morgan fingerprint density at radius 1 is 1.28 bits per heavy atom. The van der Waals surface area contributed by atoms with Crippen molar-refractivity contribution in [1.29, 1.82) is 0 Å². The van der Waals surface area contributed by atoms with Crippen LogP contribution in [0.1, 0.15) is 19.4 Å². The summed E-state index contributed by atoms with van der Waals surface area (Å²) in [5.74, 6) is 2.17. The highest BCUT2D eigenvalue weighted by atomic mass is 16.5. The average Bonchev–Trinajstić information content (AvgIpc) is 2.28. The van der Waals surface area contributed by atoms with Gasteiger partial charge in [0.05, 0.1) is 0 Å². The third-order valence-electron chi connectivity index (χ3n) is 2.55. The molecule has 0 saturated heterocycles. The van der Waals surface area contributed by atoms with Crippen LogP contribution in [0.2, 0.25) is 0 Å². The van der Waals surface area contributed by atoms with Crippen molar-refractivity contribution >= 4 is 6.08 Å². The van der Waals surface area contributed by atoms with Crippen LogP contribution in [0.3, 0.4) is 0 Å². The number of rotatable bonds is 3. The van der Waals surface area contributed by atoms with Crippen molar-refractivity contribution in [1.82, 2.24) is 0 Å². The second-order valence-corrected chi connectivity index (χ2v) is 4.51. The van der Waals surface area contributed by atoms with Crippen molar-refractivity contribution in [3.63, 3.8) is 0 Å². The van der Waals surface area contributed by atoms with Gasteiger partial charge in [0, 0.05) is 11.6 Å². The molecule has 0 aliphatic carbocycles. The van der Waals surface area contributed by atoms with Crippen LogP contribution in [0.4, 0.5) is 0 Å². The number of benzene rings is 1. The van der Waals surface area contributed by atoms with Crippen LogP contribution in [0.5, 0.6) is 11.5 Å². The Kier molecular flexibility index (Phi) is 3.99. The number of hydrogen-bond donors (Lipinski definition) is 0. The quantitative estimate of drug-likeness (QED) is 0.769. The van der Waals surface area contributed by atoms with E-state index in [1.807, 2.05) is 44.2 Å². The van der Waals surface area contributed by atoms with Crippen LogP contribution in [0.25, 0.3) is 6.08 Å². The largest absolute Gasteiger partial charge is 0.484 e. The van der Waals surface area contributed by atoms with Crippen LogP contribution >= 0.6 is 0 Å². The fourth-order valence-electron chi connectivity index (χ4n) is 1.51. The first-order valence-electron chi connectivity index (χ1n) is 5.52. The molecule has 0 saturated carbocycles. The molecule has 3 nitrogen and oxygen atoms in total. The molecule has 0 fully saturated rings. The van der Waals surface area contributed by atoms with Gasteiger partial charge in [0.1, 0.15) is 22.9 Å². The molecule has 96 valence electrons. The first-order valence-corrected chi connectivity index (χ1v) is 5.52. The maximum atomic E-state index is 5.80. The number of fused-ring (bicyclic) bond motifs is 1. The van der Waals surface area contributed by atoms with Gasteiger partial charge in [0.25, 0.3) is 0 Å². The zero-order valence-corrected chi connectivity index (χ0v) is 10.7. The highest BCUT2D eigenvalue weighted by Gasteiger charge is 2.16. The van der Waals surface area contributed by atoms with Crippen molar-refractivity contribution in [3.8, 4) is 11.5 Å². The van der Waals surface area contributed by atoms with Crippen molar-refractivity contribution in [2.24, 2.45) is 0 Å². The first kappa shape index (κ1) is 14.1. The Labute approximate surface area is 107 Å². The lowest BCUT2D eigenvalue weighted by Gasteiger charge is -2.23. The molecule has 1 aromatic carbocycles. The number of ether oxygens (including phenoxy) is 2. The van der Waals surface area contributed by atoms with Gasteiger partial charge in [-0.1, -0.05) is 13.2 Å². The molecule has 0 amide bonds. The minimum atomic E-state index is -0.393. The van der Waals surface area contributed by atoms with Crippen molar-refractivity contribution < 1.29 is 14.9 Å². The lowest BCUT2D eigenvalue weighted by molar-refractivity contribution is 0.162. The van der Waals surface area contributed by atoms with Gasteiger partial charge < -0.3 is 14.9 Å². The summed E-state index contributed by atoms with van der Waals surface area (Å²) >= 11 is 0. The van der Waals surface area contributed by atoms with Crippen molar-refractivity contribution in [2.75, 3.05) is 0 Å². The molecule has 0 aromatic heterocycles. The fraction of sp³-hybridized carbons (Fsp3) is 0.200. The summed E-state index contributed by atoms with van der Waals surface area (Å²) in [4.78, 5) is 0. The van der Waals surface area contributed by atoms with Gasteiger partial charge in [-0.3, -0.25) is 0 Å². The Hall–Kier alpha value is -2.00. The highest BCUT2D eigenvalue weighted by molar-refractivity contribution is 5.63. The van der Waals surface area contributed by atoms with Crippen molar-refractivity contribution in [3.05, 3.63) is 54.8 Å². The standard InChI is InChI=1S/C15H16O2.H2O/c1-5-15(3,4)17-13-9-8-12-7-6-11(2)16-14(12)10-13;/h5-10H,1-2H2,3-4H3;1H2. The average molecular weight is 246 g/mol. The maximum absolute atomic E-state index is 5.80. The third-order valence-corrected chi connectivity index (χ3v) is 2.55. The number of allylic oxidation sites excluding steroid dienone is 1. The second-order valence-electron chi connectivity index (χ2n) is 4.51. The molecule has 0 atom stereocenters. The lowest BCUT2D eigenvalue weighted by atomic mass is 10.1. The first-order chi connectivity index (χ1) is 8.00. The van der Waals surface area contributed by atoms with E-state index in [1.54, 1.807) is 6.08 Å². The molecule has 0 bridgehead atoms. The molecule has 0 radical (unpaired) electrons. The summed E-state index contributed by atoms with van der Waals surface area (Å²) < 4.78 is 11.3. The predicted molar refractivity (Wildman–Crippen MR) is 73.8 cm³/mol. The molecule has 2 rings (SSSR count). The highest BCUT2D eigenvalue weighted by Crippen LogP contribution is 2.32. The molecule has 1 aliphatic heterocycles. The smallest absolute Gasteiger partial charge is 0.138 e. The van der Waals surface area contributed by atoms with Gasteiger partial charge in [-0.2, -0.15) is 0 Å². The Morgan fingerprint density at radius 2 is 2.00 bits per heavy atom. The van der Waals surface area contributed by atoms with Gasteiger partial charge >= 0.3 is 0 Å². The Bertz CT molecular complexity index is 498. The summed E-state index contributed by atoms with van der Waals surface area (Å²) in [6.45, 7) is 11.4. The van der Waals surface area contributed by atoms with E-state index in [2.05, 4.69) is 13.2 Å². The second kappa shape index (κ2) is 5.10. The zero-order chi connectivity index (χ0) is 12.5. The Morgan fingerprint density at radius 3 is 2.67 bits per heavy atom. The monoisotopic (exact) mass is 246 g/mol. The molecule has 18 heavy (non-hydrogen) atoms. The molecule has 2 N–H and O–H groups in total. The summed E-state index contributed by atoms with van der Waals surface area (Å²) in [5, 5.41) is 0. The predicted octanol–water partition coefficient (Wildman–Crippen LogP) is 3.12. The van der Waals surface area contributed by atoms with Gasteiger partial charge in [-0.15, -0.1) is 0 Å². The SMILES string of the molecule is C=CC(C)(C)Oc1ccc2c(c1)OC(=C)C=C2.O. The normalized spacial score (nSPS) is 13.1. The van der Waals surface area contributed by atoms with Crippen LogP contribution in [0.15, 0.2) is 49.3 Å². The van der Waals surface area contributed by atoms with Gasteiger partial charge in [0.2, 0.25) is 0 Å². The van der Waals surface area contributed by atoms with E-state index in [1.165, 1.54) is 0 Å². The molecule has 0 spiro atoms. The zero-order valence-electron chi connectivity index (χ0n) is 10.7. The van der Waals surface area contributed by atoms with Crippen LogP contribution in [-0.4, -0.2) is 11.1 Å². The minimum absolute atomic E-state index is 0. The minimum Gasteiger partial charge on any atom is -0.484 e. The van der Waals surface area contributed by atoms with Gasteiger partial charge in [0.15, 0.2) is 0 Å². The molecule has 1 heterocycles. The summed E-state index contributed by atoms with van der Waals surface area (Å²) in [6.07, 6.45) is 5.59. The fourth-order valence-corrected chi connectivity index (χ4v) is 1.51. The maximum Gasteiger partial charge on any atom is 0.138 e. The van der Waals surface area contributed by atoms with E-state index < -0.39 is 5.60 Å². The molecule has 0 unspecified atom stereocenters. The topological polar surface area (TPSA) is 50.0 Å². The van der Waals surface area contributed by atoms with Gasteiger partial charge in [-0.25, -0.2) is 0 Å². The molecule has 1 aliphatic rings. The van der Waals surface area contributed by atoms with Crippen LogP contribution < -0.4 is 9.47 Å². The van der Waals surface area contributed by atoms with E-state index in [0.717, 1.165) is 17.1 Å². The summed E-state index contributed by atoms with van der Waals surface area (Å²) in [5.41, 5.74) is 0.636. The van der Waals surface area contributed by atoms with E-state index in [-0.39, 0.29) is 5.48 Å².